The molecule has 0 bridgehead atoms. The maximum atomic E-state index is 13.1. The van der Waals surface area contributed by atoms with Crippen molar-refractivity contribution < 1.29 is 39.8 Å². The number of unbranched alkanes of at least 4 members (excludes halogenated alkanes) is 46. The van der Waals surface area contributed by atoms with Gasteiger partial charge in [-0.3, -0.25) is 4.79 Å². The van der Waals surface area contributed by atoms with Crippen molar-refractivity contribution in [2.75, 3.05) is 13.2 Å². The van der Waals surface area contributed by atoms with Gasteiger partial charge in [-0.2, -0.15) is 0 Å². The van der Waals surface area contributed by atoms with Gasteiger partial charge in [-0.15, -0.1) is 0 Å². The van der Waals surface area contributed by atoms with Crippen LogP contribution in [0.4, 0.5) is 0 Å². The number of rotatable bonds is 58. The van der Waals surface area contributed by atoms with E-state index in [1.165, 1.54) is 276 Å². The van der Waals surface area contributed by atoms with E-state index in [9.17, 15) is 30.3 Å². The molecule has 1 aliphatic heterocycles. The maximum absolute atomic E-state index is 13.1. The number of hydrogen-bond donors (Lipinski definition) is 6. The van der Waals surface area contributed by atoms with Crippen molar-refractivity contribution in [3.63, 3.8) is 0 Å². The number of amides is 1. The van der Waals surface area contributed by atoms with E-state index in [0.717, 1.165) is 38.5 Å². The lowest BCUT2D eigenvalue weighted by atomic mass is 9.99. The van der Waals surface area contributed by atoms with E-state index in [4.69, 9.17) is 9.47 Å². The molecule has 7 unspecified atom stereocenters. The lowest BCUT2D eigenvalue weighted by Gasteiger charge is -2.40. The highest BCUT2D eigenvalue weighted by molar-refractivity contribution is 5.76. The Labute approximate surface area is 458 Å². The van der Waals surface area contributed by atoms with Crippen LogP contribution in [0.2, 0.25) is 0 Å². The molecule has 7 atom stereocenters. The lowest BCUT2D eigenvalue weighted by molar-refractivity contribution is -0.302. The zero-order valence-corrected chi connectivity index (χ0v) is 49.1. The molecule has 0 spiro atoms. The third-order valence-electron chi connectivity index (χ3n) is 16.1. The first-order valence-corrected chi connectivity index (χ1v) is 32.9. The van der Waals surface area contributed by atoms with Crippen molar-refractivity contribution in [3.8, 4) is 0 Å². The van der Waals surface area contributed by atoms with Gasteiger partial charge in [-0.25, -0.2) is 0 Å². The molecule has 0 aromatic carbocycles. The third kappa shape index (κ3) is 43.9. The summed E-state index contributed by atoms with van der Waals surface area (Å²) in [5.41, 5.74) is 0. The molecule has 1 saturated heterocycles. The van der Waals surface area contributed by atoms with E-state index >= 15 is 0 Å². The number of carbonyl (C=O) groups excluding carboxylic acids is 1. The number of allylic oxidation sites excluding steroid dienone is 2. The Morgan fingerprint density at radius 2 is 0.757 bits per heavy atom. The van der Waals surface area contributed by atoms with Crippen LogP contribution in [0.1, 0.15) is 341 Å². The number of aliphatic hydroxyl groups is 5. The van der Waals surface area contributed by atoms with Crippen molar-refractivity contribution in [1.82, 2.24) is 5.32 Å². The average Bonchev–Trinajstić information content (AvgIpc) is 3.40. The Hall–Kier alpha value is -1.07. The van der Waals surface area contributed by atoms with E-state index in [-0.39, 0.29) is 12.5 Å². The second-order valence-corrected chi connectivity index (χ2v) is 23.3. The van der Waals surface area contributed by atoms with Gasteiger partial charge in [0.2, 0.25) is 5.91 Å². The molecule has 1 aliphatic rings. The first-order valence-electron chi connectivity index (χ1n) is 32.9. The number of carbonyl (C=O) groups is 1. The molecule has 9 heteroatoms. The highest BCUT2D eigenvalue weighted by Gasteiger charge is 2.44. The normalized spacial score (nSPS) is 18.9. The van der Waals surface area contributed by atoms with Crippen LogP contribution in [-0.2, 0) is 14.3 Å². The Kier molecular flexibility index (Phi) is 53.0. The van der Waals surface area contributed by atoms with Gasteiger partial charge in [0.25, 0.3) is 0 Å². The summed E-state index contributed by atoms with van der Waals surface area (Å²) < 4.78 is 11.4. The molecule has 9 nitrogen and oxygen atoms in total. The Morgan fingerprint density at radius 3 is 1.09 bits per heavy atom. The van der Waals surface area contributed by atoms with Gasteiger partial charge in [-0.1, -0.05) is 309 Å². The molecular weight excluding hydrogens is 923 g/mol. The lowest BCUT2D eigenvalue weighted by Crippen LogP contribution is -2.60. The molecule has 0 aromatic heterocycles. The van der Waals surface area contributed by atoms with Crippen molar-refractivity contribution in [2.24, 2.45) is 0 Å². The number of aliphatic hydroxyl groups excluding tert-OH is 5. The Balaban J connectivity index is 2.13. The minimum absolute atomic E-state index is 0.133. The molecule has 0 aliphatic carbocycles. The van der Waals surface area contributed by atoms with Crippen molar-refractivity contribution in [3.05, 3.63) is 12.2 Å². The van der Waals surface area contributed by atoms with E-state index in [1.807, 2.05) is 0 Å². The quantitative estimate of drug-likeness (QED) is 0.0261. The fourth-order valence-electron chi connectivity index (χ4n) is 10.9. The highest BCUT2D eigenvalue weighted by Crippen LogP contribution is 2.24. The van der Waals surface area contributed by atoms with E-state index in [0.29, 0.717) is 12.8 Å². The van der Waals surface area contributed by atoms with Crippen molar-refractivity contribution >= 4 is 5.91 Å². The van der Waals surface area contributed by atoms with Gasteiger partial charge in [0, 0.05) is 6.42 Å². The van der Waals surface area contributed by atoms with Crippen LogP contribution in [0.3, 0.4) is 0 Å². The topological polar surface area (TPSA) is 149 Å². The minimum atomic E-state index is -1.55. The molecule has 74 heavy (non-hydrogen) atoms. The number of hydrogen-bond acceptors (Lipinski definition) is 8. The van der Waals surface area contributed by atoms with Gasteiger partial charge in [0.15, 0.2) is 6.29 Å². The van der Waals surface area contributed by atoms with Gasteiger partial charge in [0.05, 0.1) is 25.4 Å². The van der Waals surface area contributed by atoms with Gasteiger partial charge < -0.3 is 40.3 Å². The van der Waals surface area contributed by atoms with Crippen LogP contribution in [0.25, 0.3) is 0 Å². The summed E-state index contributed by atoms with van der Waals surface area (Å²) in [6, 6.07) is -0.717. The molecule has 440 valence electrons. The maximum Gasteiger partial charge on any atom is 0.220 e. The standard InChI is InChI=1S/C65H127NO8/c1-3-5-7-9-11-13-15-17-19-21-23-25-27-28-29-30-31-32-33-35-37-39-41-43-45-47-49-51-53-55-61(69)66-58(57-73-65-64(72)63(71)62(70)60(56-67)74-65)59(68)54-52-50-48-46-44-42-40-38-36-34-26-24-22-20-18-16-14-12-10-8-6-4-2/h28-29,58-60,62-65,67-68,70-72H,3-27,30-57H2,1-2H3,(H,66,69)/b29-28-. The average molecular weight is 1050 g/mol. The predicted octanol–water partition coefficient (Wildman–Crippen LogP) is 17.1. The second-order valence-electron chi connectivity index (χ2n) is 23.3. The first kappa shape index (κ1) is 70.9. The number of ether oxygens (including phenoxy) is 2. The van der Waals surface area contributed by atoms with Gasteiger partial charge >= 0.3 is 0 Å². The molecular formula is C65H127NO8. The minimum Gasteiger partial charge on any atom is -0.394 e. The molecule has 1 heterocycles. The SMILES string of the molecule is CCCCCCCCCCCCCC/C=C\CCCCCCCCCCCCCCCC(=O)NC(COC1OC(CO)C(O)C(O)C1O)C(O)CCCCCCCCCCCCCCCCCCCCCCCC. The molecule has 1 fully saturated rings. The largest absolute Gasteiger partial charge is 0.394 e. The first-order chi connectivity index (χ1) is 36.3. The summed E-state index contributed by atoms with van der Waals surface area (Å²) in [5, 5.41) is 54.8. The zero-order valence-electron chi connectivity index (χ0n) is 49.1. The van der Waals surface area contributed by atoms with E-state index < -0.39 is 49.5 Å². The van der Waals surface area contributed by atoms with Crippen LogP contribution in [0, 0.1) is 0 Å². The molecule has 0 radical (unpaired) electrons. The van der Waals surface area contributed by atoms with Gasteiger partial charge in [-0.05, 0) is 38.5 Å². The van der Waals surface area contributed by atoms with Crippen LogP contribution < -0.4 is 5.32 Å². The van der Waals surface area contributed by atoms with Crippen molar-refractivity contribution in [2.45, 2.75) is 384 Å². The Bertz CT molecular complexity index is 1170. The van der Waals surface area contributed by atoms with Gasteiger partial charge in [0.1, 0.15) is 24.4 Å². The molecule has 1 amide bonds. The third-order valence-corrected chi connectivity index (χ3v) is 16.1. The number of nitrogens with one attached hydrogen (secondary N) is 1. The molecule has 0 aromatic rings. The zero-order chi connectivity index (χ0) is 53.6. The summed E-state index contributed by atoms with van der Waals surface area (Å²) in [5.74, 6) is -0.137. The monoisotopic (exact) mass is 1050 g/mol. The summed E-state index contributed by atoms with van der Waals surface area (Å²) >= 11 is 0. The summed E-state index contributed by atoms with van der Waals surface area (Å²) in [4.78, 5) is 13.1. The van der Waals surface area contributed by atoms with E-state index in [1.54, 1.807) is 0 Å². The fourth-order valence-corrected chi connectivity index (χ4v) is 10.9. The second kappa shape index (κ2) is 55.3. The summed E-state index contributed by atoms with van der Waals surface area (Å²) in [6.07, 6.45) is 62.6. The molecule has 0 saturated carbocycles. The van der Waals surface area contributed by atoms with E-state index in [2.05, 4.69) is 31.3 Å². The molecule has 6 N–H and O–H groups in total. The van der Waals surface area contributed by atoms with Crippen LogP contribution in [0.5, 0.6) is 0 Å². The predicted molar refractivity (Wildman–Crippen MR) is 314 cm³/mol. The fraction of sp³-hybridized carbons (Fsp3) is 0.954. The van der Waals surface area contributed by atoms with Crippen LogP contribution >= 0.6 is 0 Å². The van der Waals surface area contributed by atoms with Crippen molar-refractivity contribution in [1.29, 1.82) is 0 Å². The van der Waals surface area contributed by atoms with Crippen LogP contribution in [-0.4, -0.2) is 87.5 Å². The smallest absolute Gasteiger partial charge is 0.220 e. The summed E-state index contributed by atoms with van der Waals surface area (Å²) in [7, 11) is 0. The van der Waals surface area contributed by atoms with Crippen LogP contribution in [0.15, 0.2) is 12.2 Å². The highest BCUT2D eigenvalue weighted by atomic mass is 16.7. The summed E-state index contributed by atoms with van der Waals surface area (Å²) in [6.45, 7) is 3.90. The Morgan fingerprint density at radius 1 is 0.446 bits per heavy atom. The molecule has 1 rings (SSSR count).